The number of ether oxygens (including phenoxy) is 1. The molecule has 0 aromatic heterocycles. The molecule has 3 rings (SSSR count). The van der Waals surface area contributed by atoms with Crippen LogP contribution < -0.4 is 0 Å². The van der Waals surface area contributed by atoms with Crippen LogP contribution >= 0.6 is 0 Å². The van der Waals surface area contributed by atoms with E-state index in [1.807, 2.05) is 4.90 Å². The molecule has 1 amide bonds. The monoisotopic (exact) mass is 372 g/mol. The molecule has 0 radical (unpaired) electrons. The van der Waals surface area contributed by atoms with Crippen molar-refractivity contribution in [3.05, 3.63) is 35.9 Å². The van der Waals surface area contributed by atoms with E-state index in [1.54, 1.807) is 0 Å². The van der Waals surface area contributed by atoms with E-state index in [9.17, 15) is 9.59 Å². The third-order valence-electron chi connectivity index (χ3n) is 6.20. The Balaban J connectivity index is 1.36. The number of methoxy groups -OCH3 is 1. The predicted molar refractivity (Wildman–Crippen MR) is 105 cm³/mol. The minimum absolute atomic E-state index is 0.0924. The van der Waals surface area contributed by atoms with Gasteiger partial charge < -0.3 is 14.5 Å². The van der Waals surface area contributed by atoms with Crippen LogP contribution in [0.25, 0.3) is 0 Å². The maximum atomic E-state index is 12.2. The lowest BCUT2D eigenvalue weighted by atomic mass is 9.83. The van der Waals surface area contributed by atoms with Gasteiger partial charge >= 0.3 is 5.97 Å². The first-order chi connectivity index (χ1) is 13.2. The molecule has 2 aliphatic rings. The van der Waals surface area contributed by atoms with E-state index in [0.717, 1.165) is 50.7 Å². The maximum absolute atomic E-state index is 12.2. The lowest BCUT2D eigenvalue weighted by molar-refractivity contribution is -0.144. The molecule has 2 heterocycles. The van der Waals surface area contributed by atoms with Crippen molar-refractivity contribution in [2.45, 2.75) is 38.5 Å². The first-order valence-corrected chi connectivity index (χ1v) is 10.3. The smallest absolute Gasteiger partial charge is 0.306 e. The number of hydrogen-bond donors (Lipinski definition) is 0. The number of amides is 1. The van der Waals surface area contributed by atoms with Gasteiger partial charge in [-0.2, -0.15) is 0 Å². The lowest BCUT2D eigenvalue weighted by Crippen LogP contribution is -2.40. The summed E-state index contributed by atoms with van der Waals surface area (Å²) >= 11 is 0. The van der Waals surface area contributed by atoms with Crippen LogP contribution in [0.3, 0.4) is 0 Å². The van der Waals surface area contributed by atoms with Crippen LogP contribution in [-0.4, -0.2) is 61.5 Å². The quantitative estimate of drug-likeness (QED) is 0.691. The number of nitrogens with zero attached hydrogens (tertiary/aromatic N) is 2. The maximum Gasteiger partial charge on any atom is 0.306 e. The van der Waals surface area contributed by atoms with Crippen LogP contribution in [0, 0.1) is 11.8 Å². The van der Waals surface area contributed by atoms with Gasteiger partial charge in [0.2, 0.25) is 5.91 Å². The highest BCUT2D eigenvalue weighted by Gasteiger charge is 2.32. The molecule has 1 atom stereocenters. The van der Waals surface area contributed by atoms with Gasteiger partial charge in [-0.15, -0.1) is 0 Å². The fourth-order valence-corrected chi connectivity index (χ4v) is 4.47. The van der Waals surface area contributed by atoms with Crippen LogP contribution in [0.2, 0.25) is 0 Å². The minimum Gasteiger partial charge on any atom is -0.469 e. The lowest BCUT2D eigenvalue weighted by Gasteiger charge is -2.35. The zero-order valence-corrected chi connectivity index (χ0v) is 16.4. The van der Waals surface area contributed by atoms with Gasteiger partial charge in [-0.05, 0) is 49.6 Å². The van der Waals surface area contributed by atoms with Crippen molar-refractivity contribution in [1.29, 1.82) is 0 Å². The van der Waals surface area contributed by atoms with Crippen molar-refractivity contribution in [3.63, 3.8) is 0 Å². The molecular formula is C22H32N2O3. The highest BCUT2D eigenvalue weighted by Crippen LogP contribution is 2.32. The second-order valence-electron chi connectivity index (χ2n) is 7.88. The molecule has 27 heavy (non-hydrogen) atoms. The Hall–Kier alpha value is -1.88. The normalized spacial score (nSPS) is 21.4. The number of esters is 1. The molecule has 0 saturated carbocycles. The van der Waals surface area contributed by atoms with Crippen molar-refractivity contribution in [2.75, 3.05) is 39.8 Å². The molecular weight excluding hydrogens is 340 g/mol. The van der Waals surface area contributed by atoms with Gasteiger partial charge in [0, 0.05) is 32.6 Å². The van der Waals surface area contributed by atoms with E-state index < -0.39 is 0 Å². The molecule has 2 saturated heterocycles. The van der Waals surface area contributed by atoms with E-state index in [2.05, 4.69) is 40.0 Å². The highest BCUT2D eigenvalue weighted by molar-refractivity contribution is 5.81. The van der Waals surface area contributed by atoms with E-state index in [0.29, 0.717) is 0 Å². The van der Waals surface area contributed by atoms with Gasteiger partial charge in [0.05, 0.1) is 13.5 Å². The Bertz CT molecular complexity index is 611. The third-order valence-corrected chi connectivity index (χ3v) is 6.20. The summed E-state index contributed by atoms with van der Waals surface area (Å²) in [5.74, 6) is 1.29. The summed E-state index contributed by atoms with van der Waals surface area (Å²) in [6.45, 7) is 5.23. The molecule has 0 aliphatic carbocycles. The Morgan fingerprint density at radius 2 is 1.70 bits per heavy atom. The number of carbonyl (C=O) groups excluding carboxylic acids is 2. The Morgan fingerprint density at radius 3 is 2.41 bits per heavy atom. The number of carbonyl (C=O) groups is 2. The average molecular weight is 373 g/mol. The second-order valence-corrected chi connectivity index (χ2v) is 7.88. The van der Waals surface area contributed by atoms with Gasteiger partial charge in [0.1, 0.15) is 0 Å². The summed E-state index contributed by atoms with van der Waals surface area (Å²) in [6.07, 6.45) is 5.07. The van der Waals surface area contributed by atoms with Gasteiger partial charge in [-0.3, -0.25) is 9.59 Å². The topological polar surface area (TPSA) is 49.9 Å². The Labute approximate surface area is 162 Å². The SMILES string of the molecule is COC(=O)CCC(=O)N1CCC([C@@H]2CCN(CCc3ccccc3)C2)CC1. The van der Waals surface area contributed by atoms with Crippen LogP contribution in [-0.2, 0) is 20.7 Å². The molecule has 0 bridgehead atoms. The van der Waals surface area contributed by atoms with Crippen molar-refractivity contribution in [1.82, 2.24) is 9.80 Å². The standard InChI is InChI=1S/C22H32N2O3/c1-27-22(26)8-7-21(25)24-15-11-19(12-16-24)20-10-14-23(17-20)13-9-18-5-3-2-4-6-18/h2-6,19-20H,7-17H2,1H3/t20-/m1/s1. The van der Waals surface area contributed by atoms with Crippen molar-refractivity contribution in [3.8, 4) is 0 Å². The summed E-state index contributed by atoms with van der Waals surface area (Å²) < 4.78 is 4.62. The van der Waals surface area contributed by atoms with Crippen molar-refractivity contribution in [2.24, 2.45) is 11.8 Å². The fraction of sp³-hybridized carbons (Fsp3) is 0.636. The number of hydrogen-bond acceptors (Lipinski definition) is 4. The second kappa shape index (κ2) is 9.88. The molecule has 5 nitrogen and oxygen atoms in total. The van der Waals surface area contributed by atoms with Gasteiger partial charge in [-0.1, -0.05) is 30.3 Å². The predicted octanol–water partition coefficient (Wildman–Crippen LogP) is 2.74. The molecule has 5 heteroatoms. The molecule has 0 spiro atoms. The largest absolute Gasteiger partial charge is 0.469 e. The minimum atomic E-state index is -0.306. The Kier molecular flexibility index (Phi) is 7.27. The van der Waals surface area contributed by atoms with E-state index in [4.69, 9.17) is 0 Å². The number of likely N-dealkylation sites (tertiary alicyclic amines) is 2. The molecule has 148 valence electrons. The molecule has 1 aromatic rings. The molecule has 0 unspecified atom stereocenters. The first-order valence-electron chi connectivity index (χ1n) is 10.3. The average Bonchev–Trinajstić information content (AvgIpc) is 3.20. The fourth-order valence-electron chi connectivity index (χ4n) is 4.47. The number of piperidine rings is 1. The van der Waals surface area contributed by atoms with Crippen LogP contribution in [0.1, 0.15) is 37.7 Å². The van der Waals surface area contributed by atoms with Gasteiger partial charge in [-0.25, -0.2) is 0 Å². The third kappa shape index (κ3) is 5.80. The molecule has 1 aromatic carbocycles. The number of benzene rings is 1. The summed E-state index contributed by atoms with van der Waals surface area (Å²) in [7, 11) is 1.36. The summed E-state index contributed by atoms with van der Waals surface area (Å²) in [6, 6.07) is 10.7. The van der Waals surface area contributed by atoms with Gasteiger partial charge in [0.25, 0.3) is 0 Å². The Morgan fingerprint density at radius 1 is 1.00 bits per heavy atom. The summed E-state index contributed by atoms with van der Waals surface area (Å²) in [5.41, 5.74) is 1.42. The highest BCUT2D eigenvalue weighted by atomic mass is 16.5. The van der Waals surface area contributed by atoms with Crippen molar-refractivity contribution < 1.29 is 14.3 Å². The van der Waals surface area contributed by atoms with E-state index in [1.165, 1.54) is 32.2 Å². The zero-order valence-electron chi connectivity index (χ0n) is 16.4. The van der Waals surface area contributed by atoms with Crippen LogP contribution in [0.5, 0.6) is 0 Å². The van der Waals surface area contributed by atoms with E-state index in [-0.39, 0.29) is 24.7 Å². The molecule has 2 fully saturated rings. The van der Waals surface area contributed by atoms with Gasteiger partial charge in [0.15, 0.2) is 0 Å². The first kappa shape index (κ1) is 19.9. The summed E-state index contributed by atoms with van der Waals surface area (Å²) in [5, 5.41) is 0. The summed E-state index contributed by atoms with van der Waals surface area (Å²) in [4.78, 5) is 28.0. The van der Waals surface area contributed by atoms with Crippen molar-refractivity contribution >= 4 is 11.9 Å². The molecule has 2 aliphatic heterocycles. The van der Waals surface area contributed by atoms with Crippen LogP contribution in [0.4, 0.5) is 0 Å². The van der Waals surface area contributed by atoms with Crippen LogP contribution in [0.15, 0.2) is 30.3 Å². The zero-order chi connectivity index (χ0) is 19.1. The molecule has 0 N–H and O–H groups in total. The number of rotatable bonds is 7. The van der Waals surface area contributed by atoms with E-state index >= 15 is 0 Å².